The third-order valence-electron chi connectivity index (χ3n) is 2.94. The fourth-order valence-corrected chi connectivity index (χ4v) is 2.61. The van der Waals surface area contributed by atoms with Gasteiger partial charge < -0.3 is 5.73 Å². The Morgan fingerprint density at radius 1 is 1.22 bits per heavy atom. The van der Waals surface area contributed by atoms with Crippen molar-refractivity contribution in [1.82, 2.24) is 4.90 Å². The standard InChI is InChI=1S/C14H17FN2S/c1-2-17(10-12-6-4-8-18-12)9-11-5-3-7-13(15)14(11)16/h3-8H,2,9-10,16H2,1H3. The van der Waals surface area contributed by atoms with Crippen LogP contribution in [0.15, 0.2) is 35.7 Å². The van der Waals surface area contributed by atoms with Crippen molar-refractivity contribution in [3.63, 3.8) is 0 Å². The van der Waals surface area contributed by atoms with E-state index in [9.17, 15) is 4.39 Å². The van der Waals surface area contributed by atoms with Gasteiger partial charge in [-0.25, -0.2) is 4.39 Å². The van der Waals surface area contributed by atoms with Gasteiger partial charge in [0.15, 0.2) is 0 Å². The zero-order valence-electron chi connectivity index (χ0n) is 10.4. The number of thiophene rings is 1. The number of halogens is 1. The molecule has 2 aromatic rings. The Labute approximate surface area is 111 Å². The van der Waals surface area contributed by atoms with Gasteiger partial charge in [0.2, 0.25) is 0 Å². The van der Waals surface area contributed by atoms with Crippen molar-refractivity contribution in [3.8, 4) is 0 Å². The van der Waals surface area contributed by atoms with E-state index in [2.05, 4.69) is 23.3 Å². The van der Waals surface area contributed by atoms with Crippen molar-refractivity contribution in [2.45, 2.75) is 20.0 Å². The molecule has 0 radical (unpaired) electrons. The lowest BCUT2D eigenvalue weighted by atomic mass is 10.1. The minimum absolute atomic E-state index is 0.266. The number of hydrogen-bond acceptors (Lipinski definition) is 3. The number of nitrogens with two attached hydrogens (primary N) is 1. The molecule has 1 aromatic carbocycles. The lowest BCUT2D eigenvalue weighted by Gasteiger charge is -2.20. The summed E-state index contributed by atoms with van der Waals surface area (Å²) >= 11 is 1.74. The molecule has 0 fully saturated rings. The molecule has 2 rings (SSSR count). The van der Waals surface area contributed by atoms with Crippen LogP contribution in [0.1, 0.15) is 17.4 Å². The van der Waals surface area contributed by atoms with Crippen LogP contribution in [0.5, 0.6) is 0 Å². The second-order valence-corrected chi connectivity index (χ2v) is 5.23. The molecule has 0 saturated heterocycles. The van der Waals surface area contributed by atoms with Gasteiger partial charge in [-0.3, -0.25) is 4.90 Å². The molecule has 1 heterocycles. The van der Waals surface area contributed by atoms with Gasteiger partial charge in [0.25, 0.3) is 0 Å². The summed E-state index contributed by atoms with van der Waals surface area (Å²) in [7, 11) is 0. The van der Waals surface area contributed by atoms with Crippen molar-refractivity contribution < 1.29 is 4.39 Å². The molecule has 18 heavy (non-hydrogen) atoms. The first-order valence-electron chi connectivity index (χ1n) is 5.98. The van der Waals surface area contributed by atoms with Crippen molar-refractivity contribution in [2.75, 3.05) is 12.3 Å². The number of benzene rings is 1. The summed E-state index contributed by atoms with van der Waals surface area (Å²) in [5.41, 5.74) is 6.88. The van der Waals surface area contributed by atoms with Crippen LogP contribution >= 0.6 is 11.3 Å². The highest BCUT2D eigenvalue weighted by Gasteiger charge is 2.10. The van der Waals surface area contributed by atoms with E-state index in [0.29, 0.717) is 6.54 Å². The largest absolute Gasteiger partial charge is 0.396 e. The van der Waals surface area contributed by atoms with Crippen LogP contribution in [0.4, 0.5) is 10.1 Å². The first-order valence-corrected chi connectivity index (χ1v) is 6.86. The van der Waals surface area contributed by atoms with E-state index in [-0.39, 0.29) is 11.5 Å². The highest BCUT2D eigenvalue weighted by molar-refractivity contribution is 7.09. The molecule has 0 atom stereocenters. The molecule has 0 saturated carbocycles. The SMILES string of the molecule is CCN(Cc1cccs1)Cc1cccc(F)c1N. The second kappa shape index (κ2) is 5.98. The van der Waals surface area contributed by atoms with Crippen LogP contribution in [0, 0.1) is 5.82 Å². The van der Waals surface area contributed by atoms with Crippen LogP contribution in [0.25, 0.3) is 0 Å². The molecular formula is C14H17FN2S. The van der Waals surface area contributed by atoms with E-state index >= 15 is 0 Å². The van der Waals surface area contributed by atoms with Crippen LogP contribution in [-0.4, -0.2) is 11.4 Å². The molecule has 1 aromatic heterocycles. The molecule has 2 N–H and O–H groups in total. The van der Waals surface area contributed by atoms with Crippen molar-refractivity contribution in [1.29, 1.82) is 0 Å². The zero-order valence-corrected chi connectivity index (χ0v) is 11.2. The number of hydrogen-bond donors (Lipinski definition) is 1. The van der Waals surface area contributed by atoms with Crippen molar-refractivity contribution in [2.24, 2.45) is 0 Å². The Hall–Kier alpha value is -1.39. The van der Waals surface area contributed by atoms with Crippen LogP contribution in [-0.2, 0) is 13.1 Å². The number of para-hydroxylation sites is 1. The van der Waals surface area contributed by atoms with Gasteiger partial charge in [-0.1, -0.05) is 25.1 Å². The van der Waals surface area contributed by atoms with Gasteiger partial charge in [0.05, 0.1) is 5.69 Å². The predicted molar refractivity (Wildman–Crippen MR) is 74.9 cm³/mol. The molecule has 0 aliphatic carbocycles. The van der Waals surface area contributed by atoms with E-state index in [0.717, 1.165) is 18.7 Å². The normalized spacial score (nSPS) is 11.1. The Bertz CT molecular complexity index is 497. The quantitative estimate of drug-likeness (QED) is 0.838. The van der Waals surface area contributed by atoms with Crippen LogP contribution in [0.2, 0.25) is 0 Å². The van der Waals surface area contributed by atoms with Gasteiger partial charge in [-0.05, 0) is 29.6 Å². The van der Waals surface area contributed by atoms with Crippen molar-refractivity contribution >= 4 is 17.0 Å². The number of anilines is 1. The van der Waals surface area contributed by atoms with E-state index in [1.165, 1.54) is 10.9 Å². The van der Waals surface area contributed by atoms with Gasteiger partial charge in [0, 0.05) is 18.0 Å². The first-order chi connectivity index (χ1) is 8.70. The van der Waals surface area contributed by atoms with Gasteiger partial charge in [-0.15, -0.1) is 11.3 Å². The summed E-state index contributed by atoms with van der Waals surface area (Å²) < 4.78 is 13.4. The van der Waals surface area contributed by atoms with Crippen LogP contribution in [0.3, 0.4) is 0 Å². The lowest BCUT2D eigenvalue weighted by Crippen LogP contribution is -2.22. The molecule has 0 bridgehead atoms. The molecule has 0 amide bonds. The highest BCUT2D eigenvalue weighted by atomic mass is 32.1. The zero-order chi connectivity index (χ0) is 13.0. The smallest absolute Gasteiger partial charge is 0.146 e. The fourth-order valence-electron chi connectivity index (χ4n) is 1.86. The average Bonchev–Trinajstić information content (AvgIpc) is 2.86. The minimum Gasteiger partial charge on any atom is -0.396 e. The Kier molecular flexibility index (Phi) is 4.33. The maximum Gasteiger partial charge on any atom is 0.146 e. The van der Waals surface area contributed by atoms with E-state index < -0.39 is 0 Å². The monoisotopic (exact) mass is 264 g/mol. The second-order valence-electron chi connectivity index (χ2n) is 4.20. The summed E-state index contributed by atoms with van der Waals surface area (Å²) in [6.45, 7) is 4.57. The van der Waals surface area contributed by atoms with E-state index in [1.807, 2.05) is 12.1 Å². The lowest BCUT2D eigenvalue weighted by molar-refractivity contribution is 0.274. The molecule has 4 heteroatoms. The maximum atomic E-state index is 13.4. The first kappa shape index (κ1) is 13.1. The Morgan fingerprint density at radius 2 is 2.06 bits per heavy atom. The number of nitrogen functional groups attached to an aromatic ring is 1. The summed E-state index contributed by atoms with van der Waals surface area (Å²) in [6, 6.07) is 9.15. The van der Waals surface area contributed by atoms with E-state index in [1.54, 1.807) is 17.4 Å². The molecule has 0 aliphatic rings. The third-order valence-corrected chi connectivity index (χ3v) is 3.81. The maximum absolute atomic E-state index is 13.4. The Morgan fingerprint density at radius 3 is 2.72 bits per heavy atom. The summed E-state index contributed by atoms with van der Waals surface area (Å²) in [5.74, 6) is -0.334. The average molecular weight is 264 g/mol. The van der Waals surface area contributed by atoms with Gasteiger partial charge in [0.1, 0.15) is 5.82 Å². The summed E-state index contributed by atoms with van der Waals surface area (Å²) in [6.07, 6.45) is 0. The summed E-state index contributed by atoms with van der Waals surface area (Å²) in [4.78, 5) is 3.56. The van der Waals surface area contributed by atoms with Gasteiger partial charge in [-0.2, -0.15) is 0 Å². The van der Waals surface area contributed by atoms with Crippen LogP contribution < -0.4 is 5.73 Å². The molecule has 0 unspecified atom stereocenters. The topological polar surface area (TPSA) is 29.3 Å². The fraction of sp³-hybridized carbons (Fsp3) is 0.286. The molecule has 2 nitrogen and oxygen atoms in total. The molecule has 96 valence electrons. The molecule has 0 spiro atoms. The predicted octanol–water partition coefficient (Wildman–Crippen LogP) is 3.49. The number of nitrogens with zero attached hydrogens (tertiary/aromatic N) is 1. The van der Waals surface area contributed by atoms with Crippen molar-refractivity contribution in [3.05, 3.63) is 52.0 Å². The molecule has 0 aliphatic heterocycles. The van der Waals surface area contributed by atoms with E-state index in [4.69, 9.17) is 5.73 Å². The minimum atomic E-state index is -0.334. The Balaban J connectivity index is 2.08. The number of rotatable bonds is 5. The molecular weight excluding hydrogens is 247 g/mol. The van der Waals surface area contributed by atoms with Gasteiger partial charge >= 0.3 is 0 Å². The third kappa shape index (κ3) is 3.09. The summed E-state index contributed by atoms with van der Waals surface area (Å²) in [5, 5.41) is 2.07. The highest BCUT2D eigenvalue weighted by Crippen LogP contribution is 2.19.